The Hall–Kier alpha value is -1.96. The standard InChI is InChI=1S/C18H22N2/c19-15-10-8-14(9-11-15)18(12-4-1-5-13-18)16-6-2-3-7-17(16)20/h2-3,6-11H,1,4-5,12-13,19-20H2. The van der Waals surface area contributed by atoms with E-state index in [9.17, 15) is 0 Å². The first-order valence-electron chi connectivity index (χ1n) is 7.43. The predicted octanol–water partition coefficient (Wildman–Crippen LogP) is 4.10. The van der Waals surface area contributed by atoms with Gasteiger partial charge in [-0.2, -0.15) is 0 Å². The number of para-hydroxylation sites is 1. The smallest absolute Gasteiger partial charge is 0.0355 e. The number of anilines is 2. The van der Waals surface area contributed by atoms with Gasteiger partial charge >= 0.3 is 0 Å². The highest BCUT2D eigenvalue weighted by atomic mass is 14.6. The maximum Gasteiger partial charge on any atom is 0.0355 e. The zero-order valence-corrected chi connectivity index (χ0v) is 11.8. The van der Waals surface area contributed by atoms with Gasteiger partial charge in [0.2, 0.25) is 0 Å². The highest BCUT2D eigenvalue weighted by Crippen LogP contribution is 2.46. The van der Waals surface area contributed by atoms with Crippen LogP contribution in [0.25, 0.3) is 0 Å². The van der Waals surface area contributed by atoms with Crippen molar-refractivity contribution < 1.29 is 0 Å². The summed E-state index contributed by atoms with van der Waals surface area (Å²) in [5.74, 6) is 0. The Morgan fingerprint density at radius 2 is 1.40 bits per heavy atom. The molecule has 0 saturated heterocycles. The van der Waals surface area contributed by atoms with Crippen molar-refractivity contribution >= 4 is 11.4 Å². The molecule has 1 aliphatic carbocycles. The third-order valence-corrected chi connectivity index (χ3v) is 4.65. The average molecular weight is 266 g/mol. The van der Waals surface area contributed by atoms with Gasteiger partial charge < -0.3 is 11.5 Å². The molecule has 1 saturated carbocycles. The molecule has 0 atom stereocenters. The summed E-state index contributed by atoms with van der Waals surface area (Å²) in [6.07, 6.45) is 6.19. The zero-order chi connectivity index (χ0) is 14.0. The minimum absolute atomic E-state index is 0.0668. The lowest BCUT2D eigenvalue weighted by Gasteiger charge is -2.39. The van der Waals surface area contributed by atoms with E-state index in [1.54, 1.807) is 0 Å². The zero-order valence-electron chi connectivity index (χ0n) is 11.8. The van der Waals surface area contributed by atoms with Crippen LogP contribution in [-0.4, -0.2) is 0 Å². The maximum absolute atomic E-state index is 6.28. The molecule has 0 spiro atoms. The number of rotatable bonds is 2. The third kappa shape index (κ3) is 2.15. The second-order valence-electron chi connectivity index (χ2n) is 5.85. The summed E-state index contributed by atoms with van der Waals surface area (Å²) in [5, 5.41) is 0. The van der Waals surface area contributed by atoms with E-state index in [-0.39, 0.29) is 5.41 Å². The van der Waals surface area contributed by atoms with Crippen molar-refractivity contribution in [3.63, 3.8) is 0 Å². The van der Waals surface area contributed by atoms with Crippen LogP contribution >= 0.6 is 0 Å². The summed E-state index contributed by atoms with van der Waals surface area (Å²) in [4.78, 5) is 0. The van der Waals surface area contributed by atoms with Gasteiger partial charge in [-0.15, -0.1) is 0 Å². The van der Waals surface area contributed by atoms with Crippen LogP contribution in [0, 0.1) is 0 Å². The van der Waals surface area contributed by atoms with Gasteiger partial charge in [0.25, 0.3) is 0 Å². The van der Waals surface area contributed by atoms with Gasteiger partial charge in [0.1, 0.15) is 0 Å². The first-order chi connectivity index (χ1) is 9.72. The SMILES string of the molecule is Nc1ccc(C2(c3ccccc3N)CCCCC2)cc1. The molecule has 104 valence electrons. The van der Waals surface area contributed by atoms with Crippen molar-refractivity contribution in [2.45, 2.75) is 37.5 Å². The monoisotopic (exact) mass is 266 g/mol. The molecule has 0 bridgehead atoms. The van der Waals surface area contributed by atoms with Crippen molar-refractivity contribution in [1.29, 1.82) is 0 Å². The van der Waals surface area contributed by atoms with E-state index in [4.69, 9.17) is 11.5 Å². The van der Waals surface area contributed by atoms with E-state index in [1.165, 1.54) is 43.2 Å². The lowest BCUT2D eigenvalue weighted by Crippen LogP contribution is -2.31. The minimum atomic E-state index is 0.0668. The van der Waals surface area contributed by atoms with Gasteiger partial charge in [-0.25, -0.2) is 0 Å². The Kier molecular flexibility index (Phi) is 3.39. The number of hydrogen-bond acceptors (Lipinski definition) is 2. The van der Waals surface area contributed by atoms with E-state index >= 15 is 0 Å². The minimum Gasteiger partial charge on any atom is -0.399 e. The number of nitrogens with two attached hydrogens (primary N) is 2. The van der Waals surface area contributed by atoms with Crippen molar-refractivity contribution in [3.8, 4) is 0 Å². The van der Waals surface area contributed by atoms with Crippen LogP contribution < -0.4 is 11.5 Å². The van der Waals surface area contributed by atoms with Crippen LogP contribution in [-0.2, 0) is 5.41 Å². The van der Waals surface area contributed by atoms with Crippen LogP contribution in [0.1, 0.15) is 43.2 Å². The van der Waals surface area contributed by atoms with Crippen LogP contribution in [0.5, 0.6) is 0 Å². The van der Waals surface area contributed by atoms with E-state index in [0.29, 0.717) is 0 Å². The van der Waals surface area contributed by atoms with Crippen molar-refractivity contribution in [1.82, 2.24) is 0 Å². The van der Waals surface area contributed by atoms with Crippen molar-refractivity contribution in [3.05, 3.63) is 59.7 Å². The summed E-state index contributed by atoms with van der Waals surface area (Å²) in [6, 6.07) is 16.7. The molecule has 0 unspecified atom stereocenters. The summed E-state index contributed by atoms with van der Waals surface area (Å²) in [5.41, 5.74) is 16.6. The molecule has 2 aromatic carbocycles. The first kappa shape index (κ1) is 13.0. The molecule has 1 fully saturated rings. The Balaban J connectivity index is 2.14. The van der Waals surface area contributed by atoms with Crippen LogP contribution in [0.15, 0.2) is 48.5 Å². The van der Waals surface area contributed by atoms with Crippen molar-refractivity contribution in [2.75, 3.05) is 11.5 Å². The van der Waals surface area contributed by atoms with Gasteiger partial charge in [-0.1, -0.05) is 49.6 Å². The van der Waals surface area contributed by atoms with Gasteiger partial charge in [0, 0.05) is 16.8 Å². The first-order valence-corrected chi connectivity index (χ1v) is 7.43. The Bertz CT molecular complexity index is 581. The largest absolute Gasteiger partial charge is 0.399 e. The van der Waals surface area contributed by atoms with E-state index < -0.39 is 0 Å². The summed E-state index contributed by atoms with van der Waals surface area (Å²) >= 11 is 0. The lowest BCUT2D eigenvalue weighted by molar-refractivity contribution is 0.347. The van der Waals surface area contributed by atoms with E-state index in [0.717, 1.165) is 11.4 Å². The number of hydrogen-bond donors (Lipinski definition) is 2. The second kappa shape index (κ2) is 5.20. The molecular weight excluding hydrogens is 244 g/mol. The maximum atomic E-state index is 6.28. The van der Waals surface area contributed by atoms with Gasteiger partial charge in [0.05, 0.1) is 0 Å². The summed E-state index contributed by atoms with van der Waals surface area (Å²) in [6.45, 7) is 0. The molecule has 0 heterocycles. The normalized spacial score (nSPS) is 17.8. The summed E-state index contributed by atoms with van der Waals surface area (Å²) < 4.78 is 0. The number of benzene rings is 2. The van der Waals surface area contributed by atoms with Gasteiger partial charge in [0.15, 0.2) is 0 Å². The molecular formula is C18H22N2. The van der Waals surface area contributed by atoms with Crippen LogP contribution in [0.2, 0.25) is 0 Å². The van der Waals surface area contributed by atoms with E-state index in [2.05, 4.69) is 24.3 Å². The number of nitrogen functional groups attached to an aromatic ring is 2. The highest BCUT2D eigenvalue weighted by molar-refractivity contribution is 5.56. The molecule has 0 aromatic heterocycles. The highest BCUT2D eigenvalue weighted by Gasteiger charge is 2.36. The Labute approximate surface area is 120 Å². The quantitative estimate of drug-likeness (QED) is 0.804. The Morgan fingerprint density at radius 3 is 2.05 bits per heavy atom. The van der Waals surface area contributed by atoms with Crippen LogP contribution in [0.3, 0.4) is 0 Å². The molecule has 3 rings (SSSR count). The molecule has 2 aromatic rings. The topological polar surface area (TPSA) is 52.0 Å². The Morgan fingerprint density at radius 1 is 0.750 bits per heavy atom. The lowest BCUT2D eigenvalue weighted by atomic mass is 9.65. The molecule has 4 N–H and O–H groups in total. The molecule has 2 heteroatoms. The molecule has 1 aliphatic rings. The fourth-order valence-electron chi connectivity index (χ4n) is 3.60. The molecule has 2 nitrogen and oxygen atoms in total. The second-order valence-corrected chi connectivity index (χ2v) is 5.85. The van der Waals surface area contributed by atoms with E-state index in [1.807, 2.05) is 24.3 Å². The fraction of sp³-hybridized carbons (Fsp3) is 0.333. The van der Waals surface area contributed by atoms with Crippen LogP contribution in [0.4, 0.5) is 11.4 Å². The molecule has 20 heavy (non-hydrogen) atoms. The predicted molar refractivity (Wildman–Crippen MR) is 85.6 cm³/mol. The van der Waals surface area contributed by atoms with Gasteiger partial charge in [-0.3, -0.25) is 0 Å². The summed E-state index contributed by atoms with van der Waals surface area (Å²) in [7, 11) is 0. The van der Waals surface area contributed by atoms with Gasteiger partial charge in [-0.05, 0) is 42.2 Å². The molecule has 0 aliphatic heterocycles. The molecule has 0 amide bonds. The fourth-order valence-corrected chi connectivity index (χ4v) is 3.60. The average Bonchev–Trinajstić information content (AvgIpc) is 2.49. The molecule has 0 radical (unpaired) electrons. The van der Waals surface area contributed by atoms with Crippen molar-refractivity contribution in [2.24, 2.45) is 0 Å². The third-order valence-electron chi connectivity index (χ3n) is 4.65.